The Morgan fingerprint density at radius 1 is 1.03 bits per heavy atom. The van der Waals surface area contributed by atoms with E-state index in [9.17, 15) is 14.4 Å². The molecule has 8 nitrogen and oxygen atoms in total. The second-order valence-electron chi connectivity index (χ2n) is 8.66. The molecule has 4 rings (SSSR count). The SMILES string of the molecule is CCOC(=O)[C@]1(C)N[C@H](c2ccc(-c3ccc(OC)cc3)c(OC)c2)[C@@H]2C(=O)N(CC)C(=O)[C@@H]21. The average Bonchev–Trinajstić information content (AvgIpc) is 3.31. The Labute approximate surface area is 199 Å². The van der Waals surface area contributed by atoms with Crippen molar-refractivity contribution >= 4 is 17.8 Å². The highest BCUT2D eigenvalue weighted by Crippen LogP contribution is 2.49. The number of likely N-dealkylation sites (tertiary alicyclic amines) is 1. The molecule has 4 atom stereocenters. The molecule has 2 aromatic rings. The molecule has 0 saturated carbocycles. The lowest BCUT2D eigenvalue weighted by molar-refractivity contribution is -0.155. The summed E-state index contributed by atoms with van der Waals surface area (Å²) in [5, 5.41) is 3.29. The number of nitrogens with one attached hydrogen (secondary N) is 1. The highest BCUT2D eigenvalue weighted by Gasteiger charge is 2.66. The molecule has 0 spiro atoms. The van der Waals surface area contributed by atoms with Crippen LogP contribution in [-0.4, -0.2) is 55.6 Å². The standard InChI is InChI=1S/C26H30N2O6/c1-6-28-23(29)20-21(24(28)30)26(3,25(31)34-7-2)27-22(20)16-10-13-18(19(14-16)33-5)15-8-11-17(32-4)12-9-15/h8-14,20-22,27H,6-7H2,1-5H3/t20-,21-,22-,26-/m1/s1. The van der Waals surface area contributed by atoms with Crippen molar-refractivity contribution in [2.24, 2.45) is 11.8 Å². The number of hydrogen-bond donors (Lipinski definition) is 1. The number of imide groups is 1. The highest BCUT2D eigenvalue weighted by molar-refractivity contribution is 6.09. The summed E-state index contributed by atoms with van der Waals surface area (Å²) >= 11 is 0. The maximum Gasteiger partial charge on any atom is 0.326 e. The first-order valence-electron chi connectivity index (χ1n) is 11.4. The Balaban J connectivity index is 1.76. The molecule has 2 fully saturated rings. The van der Waals surface area contributed by atoms with Crippen LogP contribution in [0.2, 0.25) is 0 Å². The summed E-state index contributed by atoms with van der Waals surface area (Å²) in [5.74, 6) is -1.33. The fourth-order valence-corrected chi connectivity index (χ4v) is 5.18. The van der Waals surface area contributed by atoms with E-state index in [1.165, 1.54) is 4.90 Å². The van der Waals surface area contributed by atoms with Crippen LogP contribution >= 0.6 is 0 Å². The number of carbonyl (C=O) groups excluding carboxylic acids is 3. The molecule has 180 valence electrons. The minimum Gasteiger partial charge on any atom is -0.497 e. The predicted octanol–water partition coefficient (Wildman–Crippen LogP) is 2.96. The molecule has 0 aliphatic carbocycles. The number of nitrogens with zero attached hydrogens (tertiary/aromatic N) is 1. The van der Waals surface area contributed by atoms with Crippen molar-refractivity contribution in [2.45, 2.75) is 32.4 Å². The second kappa shape index (κ2) is 9.10. The smallest absolute Gasteiger partial charge is 0.326 e. The van der Waals surface area contributed by atoms with Crippen molar-refractivity contribution in [3.63, 3.8) is 0 Å². The first-order chi connectivity index (χ1) is 16.3. The van der Waals surface area contributed by atoms with Crippen LogP contribution in [0, 0.1) is 11.8 Å². The summed E-state index contributed by atoms with van der Waals surface area (Å²) in [5.41, 5.74) is 1.27. The minimum atomic E-state index is -1.32. The predicted molar refractivity (Wildman–Crippen MR) is 125 cm³/mol. The van der Waals surface area contributed by atoms with Gasteiger partial charge in [-0.25, -0.2) is 0 Å². The Bertz CT molecular complexity index is 1110. The summed E-state index contributed by atoms with van der Waals surface area (Å²) in [6.45, 7) is 5.57. The van der Waals surface area contributed by atoms with Crippen LogP contribution in [0.25, 0.3) is 11.1 Å². The molecule has 2 heterocycles. The number of ether oxygens (including phenoxy) is 3. The molecule has 2 aromatic carbocycles. The molecule has 2 saturated heterocycles. The Hall–Kier alpha value is -3.39. The molecule has 0 radical (unpaired) electrons. The van der Waals surface area contributed by atoms with Crippen LogP contribution in [0.1, 0.15) is 32.4 Å². The van der Waals surface area contributed by atoms with Gasteiger partial charge in [0, 0.05) is 18.2 Å². The fourth-order valence-electron chi connectivity index (χ4n) is 5.18. The Morgan fingerprint density at radius 3 is 2.32 bits per heavy atom. The lowest BCUT2D eigenvalue weighted by Crippen LogP contribution is -2.54. The van der Waals surface area contributed by atoms with Crippen LogP contribution in [0.5, 0.6) is 11.5 Å². The van der Waals surface area contributed by atoms with E-state index >= 15 is 0 Å². The number of esters is 1. The van der Waals surface area contributed by atoms with Crippen molar-refractivity contribution in [2.75, 3.05) is 27.4 Å². The number of fused-ring (bicyclic) bond motifs is 1. The summed E-state index contributed by atoms with van der Waals surface area (Å²) < 4.78 is 16.2. The topological polar surface area (TPSA) is 94.2 Å². The van der Waals surface area contributed by atoms with Gasteiger partial charge in [-0.15, -0.1) is 0 Å². The molecular weight excluding hydrogens is 436 g/mol. The fraction of sp³-hybridized carbons (Fsp3) is 0.423. The van der Waals surface area contributed by atoms with Crippen molar-refractivity contribution in [1.29, 1.82) is 0 Å². The van der Waals surface area contributed by atoms with Crippen molar-refractivity contribution < 1.29 is 28.6 Å². The summed E-state index contributed by atoms with van der Waals surface area (Å²) in [6, 6.07) is 12.8. The molecule has 2 aliphatic heterocycles. The molecule has 2 amide bonds. The van der Waals surface area contributed by atoms with E-state index in [0.29, 0.717) is 5.75 Å². The molecule has 0 unspecified atom stereocenters. The highest BCUT2D eigenvalue weighted by atomic mass is 16.5. The number of carbonyl (C=O) groups is 3. The molecule has 8 heteroatoms. The number of rotatable bonds is 7. The van der Waals surface area contributed by atoms with Gasteiger partial charge in [-0.2, -0.15) is 0 Å². The summed E-state index contributed by atoms with van der Waals surface area (Å²) in [6.07, 6.45) is 0. The largest absolute Gasteiger partial charge is 0.497 e. The van der Waals surface area contributed by atoms with E-state index in [0.717, 1.165) is 22.4 Å². The van der Waals surface area contributed by atoms with Gasteiger partial charge in [0.05, 0.1) is 32.7 Å². The van der Waals surface area contributed by atoms with E-state index in [1.807, 2.05) is 42.5 Å². The normalized spacial score (nSPS) is 25.9. The minimum absolute atomic E-state index is 0.183. The number of methoxy groups -OCH3 is 2. The summed E-state index contributed by atoms with van der Waals surface area (Å²) in [7, 11) is 3.20. The van der Waals surface area contributed by atoms with Gasteiger partial charge in [0.2, 0.25) is 11.8 Å². The van der Waals surface area contributed by atoms with E-state index in [4.69, 9.17) is 14.2 Å². The lowest BCUT2D eigenvalue weighted by atomic mass is 9.80. The monoisotopic (exact) mass is 466 g/mol. The molecular formula is C26H30N2O6. The maximum absolute atomic E-state index is 13.3. The van der Waals surface area contributed by atoms with Crippen LogP contribution in [-0.2, 0) is 19.1 Å². The first-order valence-corrected chi connectivity index (χ1v) is 11.4. The molecule has 1 N–H and O–H groups in total. The van der Waals surface area contributed by atoms with E-state index < -0.39 is 29.4 Å². The van der Waals surface area contributed by atoms with Crippen LogP contribution in [0.3, 0.4) is 0 Å². The number of benzene rings is 2. The van der Waals surface area contributed by atoms with Gasteiger partial charge in [0.15, 0.2) is 0 Å². The quantitative estimate of drug-likeness (QED) is 0.495. The molecule has 34 heavy (non-hydrogen) atoms. The number of hydrogen-bond acceptors (Lipinski definition) is 7. The molecule has 0 aromatic heterocycles. The third-order valence-corrected chi connectivity index (χ3v) is 6.88. The Kier molecular flexibility index (Phi) is 6.36. The van der Waals surface area contributed by atoms with Crippen LogP contribution in [0.4, 0.5) is 0 Å². The summed E-state index contributed by atoms with van der Waals surface area (Å²) in [4.78, 5) is 40.6. The number of amides is 2. The third-order valence-electron chi connectivity index (χ3n) is 6.88. The maximum atomic E-state index is 13.3. The lowest BCUT2D eigenvalue weighted by Gasteiger charge is -2.29. The van der Waals surface area contributed by atoms with E-state index in [-0.39, 0.29) is 25.0 Å². The van der Waals surface area contributed by atoms with Gasteiger partial charge >= 0.3 is 5.97 Å². The van der Waals surface area contributed by atoms with Gasteiger partial charge < -0.3 is 14.2 Å². The average molecular weight is 467 g/mol. The third kappa shape index (κ3) is 3.62. The van der Waals surface area contributed by atoms with E-state index in [1.54, 1.807) is 35.0 Å². The second-order valence-corrected chi connectivity index (χ2v) is 8.66. The zero-order valence-electron chi connectivity index (χ0n) is 20.1. The van der Waals surface area contributed by atoms with Crippen LogP contribution in [0.15, 0.2) is 42.5 Å². The van der Waals surface area contributed by atoms with Gasteiger partial charge in [-0.3, -0.25) is 24.6 Å². The van der Waals surface area contributed by atoms with E-state index in [2.05, 4.69) is 5.32 Å². The van der Waals surface area contributed by atoms with Crippen molar-refractivity contribution in [3.05, 3.63) is 48.0 Å². The zero-order valence-corrected chi connectivity index (χ0v) is 20.1. The van der Waals surface area contributed by atoms with Crippen molar-refractivity contribution in [1.82, 2.24) is 10.2 Å². The molecule has 2 aliphatic rings. The van der Waals surface area contributed by atoms with Crippen LogP contribution < -0.4 is 14.8 Å². The first kappa shape index (κ1) is 23.8. The van der Waals surface area contributed by atoms with Gasteiger partial charge in [0.1, 0.15) is 17.0 Å². The molecule has 0 bridgehead atoms. The van der Waals surface area contributed by atoms with Gasteiger partial charge in [-0.1, -0.05) is 24.3 Å². The van der Waals surface area contributed by atoms with Crippen molar-refractivity contribution in [3.8, 4) is 22.6 Å². The Morgan fingerprint density at radius 2 is 1.74 bits per heavy atom. The zero-order chi connectivity index (χ0) is 24.6. The van der Waals surface area contributed by atoms with Gasteiger partial charge in [0.25, 0.3) is 0 Å². The van der Waals surface area contributed by atoms with Gasteiger partial charge in [-0.05, 0) is 50.1 Å².